The number of nitrogens with zero attached hydrogens (tertiary/aromatic N) is 6. The molecule has 0 unspecified atom stereocenters. The molecule has 0 spiro atoms. The highest BCUT2D eigenvalue weighted by Gasteiger charge is 2.38. The Kier molecular flexibility index (Phi) is 6.29. The third-order valence-electron chi connectivity index (χ3n) is 6.87. The number of hydrogen-bond acceptors (Lipinski definition) is 8. The van der Waals surface area contributed by atoms with E-state index in [0.29, 0.717) is 96.1 Å². The van der Waals surface area contributed by atoms with Crippen LogP contribution in [0.3, 0.4) is 0 Å². The summed E-state index contributed by atoms with van der Waals surface area (Å²) in [7, 11) is 0. The highest BCUT2D eigenvalue weighted by Crippen LogP contribution is 2.38. The average molecular weight is 453 g/mol. The second kappa shape index (κ2) is 9.49. The molecule has 0 amide bonds. The van der Waals surface area contributed by atoms with E-state index in [4.69, 9.17) is 14.5 Å². The molecule has 3 saturated heterocycles. The third kappa shape index (κ3) is 4.33. The van der Waals surface area contributed by atoms with Crippen LogP contribution in [0.4, 0.5) is 22.0 Å². The van der Waals surface area contributed by atoms with Gasteiger partial charge in [0, 0.05) is 39.3 Å². The zero-order valence-corrected chi connectivity index (χ0v) is 18.7. The van der Waals surface area contributed by atoms with Crippen molar-refractivity contribution in [3.63, 3.8) is 0 Å². The van der Waals surface area contributed by atoms with Gasteiger partial charge in [-0.05, 0) is 18.4 Å². The maximum Gasteiger partial charge on any atom is 0.229 e. The summed E-state index contributed by atoms with van der Waals surface area (Å²) in [6, 6.07) is 12.5. The van der Waals surface area contributed by atoms with Gasteiger partial charge in [-0.1, -0.05) is 30.3 Å². The molecule has 3 aliphatic rings. The third-order valence-corrected chi connectivity index (χ3v) is 6.87. The molecule has 0 saturated carbocycles. The van der Waals surface area contributed by atoms with Crippen molar-refractivity contribution in [2.45, 2.75) is 18.3 Å². The number of halogens is 1. The Bertz CT molecular complexity index is 994. The highest BCUT2D eigenvalue weighted by atomic mass is 19.1. The van der Waals surface area contributed by atoms with Crippen molar-refractivity contribution in [1.29, 1.82) is 5.26 Å². The molecular formula is C24H29FN6O2. The van der Waals surface area contributed by atoms with Crippen LogP contribution in [0, 0.1) is 17.1 Å². The minimum absolute atomic E-state index is 0.326. The fraction of sp³-hybridized carbons (Fsp3) is 0.542. The first-order chi connectivity index (χ1) is 16.2. The summed E-state index contributed by atoms with van der Waals surface area (Å²) in [5.74, 6) is 0.812. The number of piperidine rings is 1. The smallest absolute Gasteiger partial charge is 0.229 e. The highest BCUT2D eigenvalue weighted by molar-refractivity contribution is 5.58. The van der Waals surface area contributed by atoms with Gasteiger partial charge in [0.25, 0.3) is 0 Å². The first-order valence-corrected chi connectivity index (χ1v) is 11.6. The number of anilines is 3. The van der Waals surface area contributed by atoms with Crippen molar-refractivity contribution in [1.82, 2.24) is 9.97 Å². The van der Waals surface area contributed by atoms with Crippen molar-refractivity contribution in [3.8, 4) is 6.07 Å². The lowest BCUT2D eigenvalue weighted by atomic mass is 9.74. The molecule has 0 bridgehead atoms. The zero-order chi connectivity index (χ0) is 22.7. The number of benzene rings is 1. The fourth-order valence-corrected chi connectivity index (χ4v) is 4.83. The number of hydrogen-bond donors (Lipinski definition) is 0. The summed E-state index contributed by atoms with van der Waals surface area (Å²) in [5.41, 5.74) is 0.472. The molecule has 0 atom stereocenters. The number of nitriles is 1. The Morgan fingerprint density at radius 2 is 1.30 bits per heavy atom. The Morgan fingerprint density at radius 1 is 0.788 bits per heavy atom. The SMILES string of the molecule is N#CC1(c2ccccc2)CCN(c2nc(N3CCOCC3)nc(N3CCOCC3)c2F)CC1. The van der Waals surface area contributed by atoms with Crippen molar-refractivity contribution < 1.29 is 13.9 Å². The lowest BCUT2D eigenvalue weighted by Gasteiger charge is -2.39. The molecule has 0 radical (unpaired) electrons. The lowest BCUT2D eigenvalue weighted by molar-refractivity contribution is 0.121. The topological polar surface area (TPSA) is 77.8 Å². The maximum absolute atomic E-state index is 15.8. The van der Waals surface area contributed by atoms with Crippen LogP contribution in [0.5, 0.6) is 0 Å². The average Bonchev–Trinajstić information content (AvgIpc) is 2.90. The van der Waals surface area contributed by atoms with Gasteiger partial charge in [-0.25, -0.2) is 0 Å². The minimum Gasteiger partial charge on any atom is -0.378 e. The number of rotatable bonds is 4. The molecular weight excluding hydrogens is 423 g/mol. The van der Waals surface area contributed by atoms with E-state index in [2.05, 4.69) is 16.0 Å². The molecule has 2 aromatic rings. The Morgan fingerprint density at radius 3 is 1.85 bits per heavy atom. The normalized spacial score (nSPS) is 21.0. The quantitative estimate of drug-likeness (QED) is 0.700. The van der Waals surface area contributed by atoms with Gasteiger partial charge in [0.1, 0.15) is 0 Å². The molecule has 8 nitrogen and oxygen atoms in total. The van der Waals surface area contributed by atoms with Crippen LogP contribution >= 0.6 is 0 Å². The number of ether oxygens (including phenoxy) is 2. The molecule has 174 valence electrons. The first kappa shape index (κ1) is 21.9. The predicted molar refractivity (Wildman–Crippen MR) is 123 cm³/mol. The van der Waals surface area contributed by atoms with Crippen LogP contribution < -0.4 is 14.7 Å². The van der Waals surface area contributed by atoms with Gasteiger partial charge >= 0.3 is 0 Å². The summed E-state index contributed by atoms with van der Waals surface area (Å²) in [6.07, 6.45) is 1.24. The number of morpholine rings is 2. The zero-order valence-electron chi connectivity index (χ0n) is 18.7. The van der Waals surface area contributed by atoms with Gasteiger partial charge in [-0.2, -0.15) is 19.6 Å². The van der Waals surface area contributed by atoms with Crippen molar-refractivity contribution in [2.24, 2.45) is 0 Å². The van der Waals surface area contributed by atoms with Crippen molar-refractivity contribution >= 4 is 17.6 Å². The van der Waals surface area contributed by atoms with Crippen LogP contribution in [0.15, 0.2) is 30.3 Å². The van der Waals surface area contributed by atoms with E-state index in [9.17, 15) is 5.26 Å². The van der Waals surface area contributed by atoms with Crippen molar-refractivity contribution in [3.05, 3.63) is 41.7 Å². The molecule has 0 aliphatic carbocycles. The van der Waals surface area contributed by atoms with Crippen LogP contribution in [-0.2, 0) is 14.9 Å². The largest absolute Gasteiger partial charge is 0.378 e. The summed E-state index contributed by atoms with van der Waals surface area (Å²) >= 11 is 0. The van der Waals surface area contributed by atoms with E-state index < -0.39 is 11.2 Å². The van der Waals surface area contributed by atoms with E-state index in [1.54, 1.807) is 0 Å². The van der Waals surface area contributed by atoms with Crippen LogP contribution in [0.1, 0.15) is 18.4 Å². The summed E-state index contributed by atoms with van der Waals surface area (Å²) in [4.78, 5) is 15.3. The second-order valence-electron chi connectivity index (χ2n) is 8.73. The fourth-order valence-electron chi connectivity index (χ4n) is 4.83. The van der Waals surface area contributed by atoms with Crippen LogP contribution in [0.25, 0.3) is 0 Å². The molecule has 3 aliphatic heterocycles. The summed E-state index contributed by atoms with van der Waals surface area (Å²) in [6.45, 7) is 5.99. The van der Waals surface area contributed by atoms with Crippen LogP contribution in [-0.4, -0.2) is 75.7 Å². The predicted octanol–water partition coefficient (Wildman–Crippen LogP) is 2.35. The van der Waals surface area contributed by atoms with Gasteiger partial charge in [0.05, 0.1) is 37.9 Å². The van der Waals surface area contributed by atoms with E-state index in [1.165, 1.54) is 0 Å². The Balaban J connectivity index is 1.45. The maximum atomic E-state index is 15.8. The van der Waals surface area contributed by atoms with Gasteiger partial charge < -0.3 is 24.2 Å². The van der Waals surface area contributed by atoms with Crippen LogP contribution in [0.2, 0.25) is 0 Å². The standard InChI is InChI=1S/C24H29FN6O2/c25-20-21(29-8-6-24(18-26,7-9-29)19-4-2-1-3-5-19)27-23(31-12-16-33-17-13-31)28-22(20)30-10-14-32-15-11-30/h1-5H,6-17H2. The van der Waals surface area contributed by atoms with Gasteiger partial charge in [-0.15, -0.1) is 0 Å². The molecule has 9 heteroatoms. The Hall–Kier alpha value is -2.96. The number of aromatic nitrogens is 2. The second-order valence-corrected chi connectivity index (χ2v) is 8.73. The Labute approximate surface area is 193 Å². The lowest BCUT2D eigenvalue weighted by Crippen LogP contribution is -2.44. The van der Waals surface area contributed by atoms with E-state index >= 15 is 4.39 Å². The first-order valence-electron chi connectivity index (χ1n) is 11.6. The molecule has 5 rings (SSSR count). The summed E-state index contributed by atoms with van der Waals surface area (Å²) < 4.78 is 26.8. The molecule has 1 aromatic heterocycles. The summed E-state index contributed by atoms with van der Waals surface area (Å²) in [5, 5.41) is 10.0. The van der Waals surface area contributed by atoms with Gasteiger partial charge in [0.15, 0.2) is 11.6 Å². The monoisotopic (exact) mass is 452 g/mol. The minimum atomic E-state index is -0.554. The van der Waals surface area contributed by atoms with E-state index in [0.717, 1.165) is 5.56 Å². The molecule has 1 aromatic carbocycles. The molecule has 3 fully saturated rings. The van der Waals surface area contributed by atoms with Gasteiger partial charge in [-0.3, -0.25) is 0 Å². The molecule has 0 N–H and O–H groups in total. The molecule has 4 heterocycles. The van der Waals surface area contributed by atoms with Crippen molar-refractivity contribution in [2.75, 3.05) is 80.4 Å². The van der Waals surface area contributed by atoms with E-state index in [-0.39, 0.29) is 0 Å². The van der Waals surface area contributed by atoms with E-state index in [1.807, 2.05) is 40.1 Å². The van der Waals surface area contributed by atoms with Gasteiger partial charge in [0.2, 0.25) is 11.8 Å². The molecule has 33 heavy (non-hydrogen) atoms.